The maximum absolute atomic E-state index is 10.9. The highest BCUT2D eigenvalue weighted by Gasteiger charge is 2.13. The lowest BCUT2D eigenvalue weighted by molar-refractivity contribution is -0.112. The monoisotopic (exact) mass is 178 g/mol. The number of hydrogen-bond donors (Lipinski definition) is 0. The summed E-state index contributed by atoms with van der Waals surface area (Å²) in [4.78, 5) is 10.9. The molecule has 0 N–H and O–H groups in total. The Morgan fingerprint density at radius 3 is 2.69 bits per heavy atom. The van der Waals surface area contributed by atoms with E-state index >= 15 is 0 Å². The van der Waals surface area contributed by atoms with Crippen LogP contribution in [0.25, 0.3) is 0 Å². The van der Waals surface area contributed by atoms with Crippen LogP contribution in [0, 0.1) is 5.92 Å². The molecule has 0 bridgehead atoms. The van der Waals surface area contributed by atoms with Crippen molar-refractivity contribution in [1.29, 1.82) is 0 Å². The molecule has 13 heavy (non-hydrogen) atoms. The van der Waals surface area contributed by atoms with Crippen molar-refractivity contribution in [2.45, 2.75) is 40.0 Å². The van der Waals surface area contributed by atoms with Crippen molar-refractivity contribution >= 4 is 5.78 Å². The highest BCUT2D eigenvalue weighted by Crippen LogP contribution is 2.28. The molecule has 0 aromatic rings. The molecule has 1 aliphatic rings. The summed E-state index contributed by atoms with van der Waals surface area (Å²) >= 11 is 0. The van der Waals surface area contributed by atoms with E-state index in [0.717, 1.165) is 6.42 Å². The van der Waals surface area contributed by atoms with Crippen LogP contribution in [0.5, 0.6) is 0 Å². The Labute approximate surface area is 80.5 Å². The average molecular weight is 178 g/mol. The van der Waals surface area contributed by atoms with Gasteiger partial charge in [-0.3, -0.25) is 4.79 Å². The Hall–Kier alpha value is -0.850. The molecule has 0 spiro atoms. The van der Waals surface area contributed by atoms with Gasteiger partial charge in [0.05, 0.1) is 0 Å². The second-order valence-electron chi connectivity index (χ2n) is 4.02. The summed E-state index contributed by atoms with van der Waals surface area (Å²) in [5.74, 6) is 0.774. The zero-order valence-electron chi connectivity index (χ0n) is 8.76. The first-order valence-electron chi connectivity index (χ1n) is 4.94. The third kappa shape index (κ3) is 3.17. The minimum Gasteiger partial charge on any atom is -0.295 e. The maximum atomic E-state index is 10.9. The number of hydrogen-bond acceptors (Lipinski definition) is 1. The van der Waals surface area contributed by atoms with E-state index in [9.17, 15) is 4.79 Å². The molecule has 1 aliphatic carbocycles. The molecule has 0 aliphatic heterocycles. The molecule has 0 aromatic heterocycles. The lowest BCUT2D eigenvalue weighted by Crippen LogP contribution is -2.07. The van der Waals surface area contributed by atoms with Gasteiger partial charge in [0.1, 0.15) is 0 Å². The van der Waals surface area contributed by atoms with Crippen LogP contribution in [0.15, 0.2) is 23.3 Å². The third-order valence-corrected chi connectivity index (χ3v) is 2.71. The summed E-state index contributed by atoms with van der Waals surface area (Å²) in [6, 6.07) is 0. The first kappa shape index (κ1) is 10.2. The Balaban J connectivity index is 2.60. The van der Waals surface area contributed by atoms with Crippen LogP contribution in [-0.4, -0.2) is 5.78 Å². The van der Waals surface area contributed by atoms with Crippen molar-refractivity contribution in [1.82, 2.24) is 0 Å². The predicted octanol–water partition coefficient (Wildman–Crippen LogP) is 3.27. The molecule has 72 valence electrons. The summed E-state index contributed by atoms with van der Waals surface area (Å²) in [5.41, 5.74) is 2.74. The van der Waals surface area contributed by atoms with Crippen molar-refractivity contribution in [2.24, 2.45) is 5.92 Å². The van der Waals surface area contributed by atoms with Gasteiger partial charge in [0, 0.05) is 0 Å². The minimum atomic E-state index is 0.170. The molecule has 1 heteroatoms. The standard InChI is InChI=1S/C12H18O/c1-9-4-6-12(7-5-9)10(2)8-11(3)13/h4,8,12H,5-7H2,1-3H3/b10-8+/t12-/m0/s1. The van der Waals surface area contributed by atoms with Crippen molar-refractivity contribution in [3.05, 3.63) is 23.3 Å². The fourth-order valence-electron chi connectivity index (χ4n) is 1.82. The number of allylic oxidation sites excluding steroid dienone is 4. The van der Waals surface area contributed by atoms with Gasteiger partial charge in [0.2, 0.25) is 0 Å². The van der Waals surface area contributed by atoms with Gasteiger partial charge in [-0.1, -0.05) is 17.2 Å². The SMILES string of the molecule is CC(=O)/C=C(\C)[C@H]1CC=C(C)CC1. The van der Waals surface area contributed by atoms with Gasteiger partial charge in [-0.25, -0.2) is 0 Å². The lowest BCUT2D eigenvalue weighted by Gasteiger charge is -2.20. The molecule has 0 amide bonds. The molecule has 0 fully saturated rings. The topological polar surface area (TPSA) is 17.1 Å². The van der Waals surface area contributed by atoms with Crippen LogP contribution >= 0.6 is 0 Å². The summed E-state index contributed by atoms with van der Waals surface area (Å²) in [7, 11) is 0. The molecule has 0 saturated heterocycles. The number of carbonyl (C=O) groups is 1. The van der Waals surface area contributed by atoms with Gasteiger partial charge in [0.25, 0.3) is 0 Å². The fraction of sp³-hybridized carbons (Fsp3) is 0.583. The Kier molecular flexibility index (Phi) is 3.47. The highest BCUT2D eigenvalue weighted by atomic mass is 16.1. The molecule has 1 nitrogen and oxygen atoms in total. The predicted molar refractivity (Wildman–Crippen MR) is 55.5 cm³/mol. The van der Waals surface area contributed by atoms with Crippen LogP contribution in [0.4, 0.5) is 0 Å². The average Bonchev–Trinajstić information content (AvgIpc) is 2.04. The summed E-state index contributed by atoms with van der Waals surface area (Å²) < 4.78 is 0. The zero-order chi connectivity index (χ0) is 9.84. The second-order valence-corrected chi connectivity index (χ2v) is 4.02. The molecule has 1 rings (SSSR count). The van der Waals surface area contributed by atoms with E-state index in [4.69, 9.17) is 0 Å². The second kappa shape index (κ2) is 4.40. The molecular formula is C12H18O. The van der Waals surface area contributed by atoms with Crippen molar-refractivity contribution < 1.29 is 4.79 Å². The van der Waals surface area contributed by atoms with E-state index in [-0.39, 0.29) is 5.78 Å². The van der Waals surface area contributed by atoms with E-state index in [1.165, 1.54) is 24.0 Å². The molecule has 0 saturated carbocycles. The Bertz CT molecular complexity index is 258. The van der Waals surface area contributed by atoms with Gasteiger partial charge in [-0.15, -0.1) is 0 Å². The van der Waals surface area contributed by atoms with Gasteiger partial charge >= 0.3 is 0 Å². The van der Waals surface area contributed by atoms with Crippen LogP contribution in [0.1, 0.15) is 40.0 Å². The van der Waals surface area contributed by atoms with E-state index in [2.05, 4.69) is 19.9 Å². The summed E-state index contributed by atoms with van der Waals surface area (Å²) in [6.45, 7) is 5.87. The minimum absolute atomic E-state index is 0.170. The van der Waals surface area contributed by atoms with E-state index in [0.29, 0.717) is 5.92 Å². The molecule has 0 heterocycles. The first-order valence-corrected chi connectivity index (χ1v) is 4.94. The molecule has 0 radical (unpaired) electrons. The number of carbonyl (C=O) groups excluding carboxylic acids is 1. The van der Waals surface area contributed by atoms with Gasteiger partial charge in [-0.05, 0) is 52.0 Å². The van der Waals surface area contributed by atoms with Crippen LogP contribution < -0.4 is 0 Å². The van der Waals surface area contributed by atoms with Crippen LogP contribution in [0.2, 0.25) is 0 Å². The van der Waals surface area contributed by atoms with E-state index in [1.807, 2.05) is 0 Å². The number of ketones is 1. The quantitative estimate of drug-likeness (QED) is 0.468. The van der Waals surface area contributed by atoms with Crippen molar-refractivity contribution in [3.63, 3.8) is 0 Å². The van der Waals surface area contributed by atoms with E-state index < -0.39 is 0 Å². The fourth-order valence-corrected chi connectivity index (χ4v) is 1.82. The van der Waals surface area contributed by atoms with Gasteiger partial charge < -0.3 is 0 Å². The first-order chi connectivity index (χ1) is 6.09. The van der Waals surface area contributed by atoms with Gasteiger partial charge in [-0.2, -0.15) is 0 Å². The number of rotatable bonds is 2. The van der Waals surface area contributed by atoms with Crippen molar-refractivity contribution in [2.75, 3.05) is 0 Å². The normalized spacial score (nSPS) is 24.1. The Morgan fingerprint density at radius 1 is 1.54 bits per heavy atom. The van der Waals surface area contributed by atoms with Crippen LogP contribution in [-0.2, 0) is 4.79 Å². The molecular weight excluding hydrogens is 160 g/mol. The largest absolute Gasteiger partial charge is 0.295 e. The molecule has 0 unspecified atom stereocenters. The van der Waals surface area contributed by atoms with Gasteiger partial charge in [0.15, 0.2) is 5.78 Å². The Morgan fingerprint density at radius 2 is 2.23 bits per heavy atom. The summed E-state index contributed by atoms with van der Waals surface area (Å²) in [6.07, 6.45) is 7.58. The maximum Gasteiger partial charge on any atom is 0.152 e. The highest BCUT2D eigenvalue weighted by molar-refractivity contribution is 5.87. The molecule has 0 aromatic carbocycles. The zero-order valence-corrected chi connectivity index (χ0v) is 8.76. The summed E-state index contributed by atoms with van der Waals surface area (Å²) in [5, 5.41) is 0. The molecule has 1 atom stereocenters. The van der Waals surface area contributed by atoms with Crippen molar-refractivity contribution in [3.8, 4) is 0 Å². The third-order valence-electron chi connectivity index (χ3n) is 2.71. The lowest BCUT2D eigenvalue weighted by atomic mass is 9.85. The van der Waals surface area contributed by atoms with Crippen LogP contribution in [0.3, 0.4) is 0 Å². The van der Waals surface area contributed by atoms with E-state index in [1.54, 1.807) is 13.0 Å². The smallest absolute Gasteiger partial charge is 0.152 e.